The molecule has 0 bridgehead atoms. The van der Waals surface area contributed by atoms with E-state index in [1.54, 1.807) is 13.0 Å². The minimum absolute atomic E-state index is 0.131. The third-order valence-corrected chi connectivity index (χ3v) is 3.44. The van der Waals surface area contributed by atoms with E-state index < -0.39 is 0 Å². The fraction of sp³-hybridized carbons (Fsp3) is 0.400. The van der Waals surface area contributed by atoms with Crippen molar-refractivity contribution < 1.29 is 4.39 Å². The third kappa shape index (κ3) is 1.97. The summed E-state index contributed by atoms with van der Waals surface area (Å²) in [4.78, 5) is 0. The summed E-state index contributed by atoms with van der Waals surface area (Å²) < 4.78 is 12.9. The molecule has 0 unspecified atom stereocenters. The van der Waals surface area contributed by atoms with E-state index in [1.165, 1.54) is 6.07 Å². The van der Waals surface area contributed by atoms with Crippen molar-refractivity contribution in [2.75, 3.05) is 16.8 Å². The topological polar surface area (TPSA) is 12.0 Å². The van der Waals surface area contributed by atoms with Gasteiger partial charge in [-0.1, -0.05) is 0 Å². The van der Waals surface area contributed by atoms with E-state index in [4.69, 9.17) is 0 Å². The molecule has 1 N–H and O–H groups in total. The molecule has 1 fully saturated rings. The highest BCUT2D eigenvalue weighted by Gasteiger charge is 2.17. The van der Waals surface area contributed by atoms with Gasteiger partial charge in [0.15, 0.2) is 0 Å². The van der Waals surface area contributed by atoms with E-state index >= 15 is 0 Å². The Bertz CT molecular complexity index is 310. The number of nitrogens with one attached hydrogen (secondary N) is 1. The molecule has 1 saturated heterocycles. The van der Waals surface area contributed by atoms with Crippen LogP contribution in [0.2, 0.25) is 0 Å². The lowest BCUT2D eigenvalue weighted by molar-refractivity contribution is 0.618. The van der Waals surface area contributed by atoms with Crippen molar-refractivity contribution in [3.63, 3.8) is 0 Å². The van der Waals surface area contributed by atoms with Crippen LogP contribution in [0.15, 0.2) is 18.2 Å². The molecule has 1 nitrogen and oxygen atoms in total. The predicted octanol–water partition coefficient (Wildman–Crippen LogP) is 2.66. The molecule has 1 heterocycles. The van der Waals surface area contributed by atoms with Crippen LogP contribution in [0.4, 0.5) is 10.1 Å². The Morgan fingerprint density at radius 2 is 2.23 bits per heavy atom. The summed E-state index contributed by atoms with van der Waals surface area (Å²) in [7, 11) is 0. The van der Waals surface area contributed by atoms with Crippen molar-refractivity contribution >= 4 is 17.4 Å². The van der Waals surface area contributed by atoms with E-state index in [9.17, 15) is 4.39 Å². The molecule has 13 heavy (non-hydrogen) atoms. The van der Waals surface area contributed by atoms with Gasteiger partial charge in [0.2, 0.25) is 0 Å². The number of rotatable bonds is 2. The Morgan fingerprint density at radius 3 is 2.77 bits per heavy atom. The largest absolute Gasteiger partial charge is 0.381 e. The van der Waals surface area contributed by atoms with Gasteiger partial charge in [-0.15, -0.1) is 0 Å². The van der Waals surface area contributed by atoms with Gasteiger partial charge in [0.05, 0.1) is 0 Å². The third-order valence-electron chi connectivity index (χ3n) is 2.17. The molecule has 1 aromatic rings. The van der Waals surface area contributed by atoms with Gasteiger partial charge in [0, 0.05) is 23.2 Å². The van der Waals surface area contributed by atoms with Crippen LogP contribution in [0.5, 0.6) is 0 Å². The average molecular weight is 197 g/mol. The molecule has 0 aliphatic carbocycles. The van der Waals surface area contributed by atoms with E-state index in [2.05, 4.69) is 5.32 Å². The highest BCUT2D eigenvalue weighted by atomic mass is 32.2. The Balaban J connectivity index is 2.07. The van der Waals surface area contributed by atoms with E-state index in [0.29, 0.717) is 11.6 Å². The Kier molecular flexibility index (Phi) is 2.44. The van der Waals surface area contributed by atoms with Crippen molar-refractivity contribution in [3.05, 3.63) is 29.6 Å². The van der Waals surface area contributed by atoms with Gasteiger partial charge < -0.3 is 5.32 Å². The second kappa shape index (κ2) is 3.58. The fourth-order valence-corrected chi connectivity index (χ4v) is 1.93. The lowest BCUT2D eigenvalue weighted by Crippen LogP contribution is -2.33. The Labute approximate surface area is 81.7 Å². The van der Waals surface area contributed by atoms with Crippen LogP contribution >= 0.6 is 11.8 Å². The average Bonchev–Trinajstić information content (AvgIpc) is 2.04. The summed E-state index contributed by atoms with van der Waals surface area (Å²) in [5, 5.41) is 3.36. The van der Waals surface area contributed by atoms with Crippen LogP contribution in [0.1, 0.15) is 5.56 Å². The quantitative estimate of drug-likeness (QED) is 0.782. The van der Waals surface area contributed by atoms with Crippen LogP contribution in [-0.2, 0) is 0 Å². The molecule has 0 saturated carbocycles. The molecule has 3 heteroatoms. The summed E-state index contributed by atoms with van der Waals surface area (Å²) in [6.45, 7) is 1.79. The maximum Gasteiger partial charge on any atom is 0.126 e. The number of hydrogen-bond acceptors (Lipinski definition) is 2. The van der Waals surface area contributed by atoms with E-state index in [0.717, 1.165) is 17.2 Å². The predicted molar refractivity (Wildman–Crippen MR) is 55.9 cm³/mol. The first-order valence-electron chi connectivity index (χ1n) is 4.36. The first-order chi connectivity index (χ1) is 6.25. The highest BCUT2D eigenvalue weighted by molar-refractivity contribution is 8.00. The highest BCUT2D eigenvalue weighted by Crippen LogP contribution is 2.22. The number of aryl methyl sites for hydroxylation is 1. The molecular formula is C10H12FNS. The molecule has 0 atom stereocenters. The van der Waals surface area contributed by atoms with Crippen LogP contribution in [0, 0.1) is 12.7 Å². The zero-order valence-corrected chi connectivity index (χ0v) is 8.33. The van der Waals surface area contributed by atoms with Gasteiger partial charge >= 0.3 is 0 Å². The molecule has 1 aliphatic heterocycles. The van der Waals surface area contributed by atoms with Gasteiger partial charge in [-0.25, -0.2) is 4.39 Å². The number of benzene rings is 1. The van der Waals surface area contributed by atoms with Gasteiger partial charge in [0.1, 0.15) is 5.82 Å². The maximum absolute atomic E-state index is 12.9. The smallest absolute Gasteiger partial charge is 0.126 e. The second-order valence-electron chi connectivity index (χ2n) is 3.34. The number of hydrogen-bond donors (Lipinski definition) is 1. The van der Waals surface area contributed by atoms with Crippen molar-refractivity contribution in [2.24, 2.45) is 0 Å². The van der Waals surface area contributed by atoms with Crippen molar-refractivity contribution in [2.45, 2.75) is 13.0 Å². The minimum atomic E-state index is -0.131. The van der Waals surface area contributed by atoms with Crippen molar-refractivity contribution in [1.82, 2.24) is 0 Å². The SMILES string of the molecule is Cc1cc(NC2CSC2)ccc1F. The summed E-state index contributed by atoms with van der Waals surface area (Å²) in [6, 6.07) is 5.75. The van der Waals surface area contributed by atoms with Gasteiger partial charge in [0.25, 0.3) is 0 Å². The fourth-order valence-electron chi connectivity index (χ4n) is 1.29. The van der Waals surface area contributed by atoms with E-state index in [1.807, 2.05) is 17.8 Å². The molecular weight excluding hydrogens is 185 g/mol. The number of halogens is 1. The summed E-state index contributed by atoms with van der Waals surface area (Å²) in [5.41, 5.74) is 1.74. The second-order valence-corrected chi connectivity index (χ2v) is 4.42. The Hall–Kier alpha value is -0.700. The summed E-state index contributed by atoms with van der Waals surface area (Å²) in [6.07, 6.45) is 0. The molecule has 0 radical (unpaired) electrons. The van der Waals surface area contributed by atoms with Crippen LogP contribution < -0.4 is 5.32 Å². The molecule has 0 amide bonds. The minimum Gasteiger partial charge on any atom is -0.381 e. The zero-order valence-electron chi connectivity index (χ0n) is 7.51. The van der Waals surface area contributed by atoms with Crippen LogP contribution in [0.25, 0.3) is 0 Å². The van der Waals surface area contributed by atoms with Crippen LogP contribution in [-0.4, -0.2) is 17.5 Å². The molecule has 0 spiro atoms. The van der Waals surface area contributed by atoms with E-state index in [-0.39, 0.29) is 5.82 Å². The standard InChI is InChI=1S/C10H12FNS/c1-7-4-8(2-3-10(7)11)12-9-5-13-6-9/h2-4,9,12H,5-6H2,1H3. The normalized spacial score (nSPS) is 16.8. The Morgan fingerprint density at radius 1 is 1.46 bits per heavy atom. The van der Waals surface area contributed by atoms with Gasteiger partial charge in [-0.2, -0.15) is 11.8 Å². The monoisotopic (exact) mass is 197 g/mol. The molecule has 1 aliphatic rings. The van der Waals surface area contributed by atoms with Crippen molar-refractivity contribution in [3.8, 4) is 0 Å². The molecule has 70 valence electrons. The lowest BCUT2D eigenvalue weighted by Gasteiger charge is -2.27. The molecule has 2 rings (SSSR count). The van der Waals surface area contributed by atoms with Gasteiger partial charge in [-0.05, 0) is 30.7 Å². The number of thioether (sulfide) groups is 1. The van der Waals surface area contributed by atoms with Crippen LogP contribution in [0.3, 0.4) is 0 Å². The molecule has 1 aromatic carbocycles. The lowest BCUT2D eigenvalue weighted by atomic mass is 10.2. The first kappa shape index (κ1) is 8.88. The first-order valence-corrected chi connectivity index (χ1v) is 5.51. The molecule has 0 aromatic heterocycles. The maximum atomic E-state index is 12.9. The van der Waals surface area contributed by atoms with Gasteiger partial charge in [-0.3, -0.25) is 0 Å². The zero-order chi connectivity index (χ0) is 9.26. The summed E-state index contributed by atoms with van der Waals surface area (Å²) in [5.74, 6) is 2.20. The number of anilines is 1. The summed E-state index contributed by atoms with van der Waals surface area (Å²) >= 11 is 1.94. The van der Waals surface area contributed by atoms with Crippen molar-refractivity contribution in [1.29, 1.82) is 0 Å².